The minimum absolute atomic E-state index is 0.0197. The van der Waals surface area contributed by atoms with Crippen LogP contribution in [0.15, 0.2) is 30.3 Å². The molecule has 3 N–H and O–H groups in total. The monoisotopic (exact) mass is 318 g/mol. The Balaban J connectivity index is 1.67. The summed E-state index contributed by atoms with van der Waals surface area (Å²) < 4.78 is 0. The van der Waals surface area contributed by atoms with Crippen molar-refractivity contribution < 1.29 is 4.79 Å². The Morgan fingerprint density at radius 3 is 2.86 bits per heavy atom. The van der Waals surface area contributed by atoms with Crippen molar-refractivity contribution in [3.8, 4) is 0 Å². The van der Waals surface area contributed by atoms with Gasteiger partial charge in [0.15, 0.2) is 0 Å². The number of carbonyl (C=O) groups excluding carboxylic acids is 1. The number of thiophene rings is 1. The molecule has 0 saturated carbocycles. The quantitative estimate of drug-likeness (QED) is 0.911. The maximum Gasteiger partial charge on any atom is 0.261 e. The van der Waals surface area contributed by atoms with Crippen molar-refractivity contribution in [3.63, 3.8) is 0 Å². The Labute approximate surface area is 132 Å². The van der Waals surface area contributed by atoms with Crippen LogP contribution in [-0.4, -0.2) is 11.7 Å². The average molecular weight is 318 g/mol. The highest BCUT2D eigenvalue weighted by Crippen LogP contribution is 2.31. The lowest BCUT2D eigenvalue weighted by Crippen LogP contribution is -2.22. The van der Waals surface area contributed by atoms with Gasteiger partial charge < -0.3 is 11.1 Å². The Hall–Kier alpha value is -1.30. The fourth-order valence-corrected chi connectivity index (χ4v) is 4.74. The van der Waals surface area contributed by atoms with Crippen molar-refractivity contribution in [1.82, 2.24) is 5.32 Å². The van der Waals surface area contributed by atoms with Crippen LogP contribution in [0.4, 0.5) is 0 Å². The topological polar surface area (TPSA) is 55.1 Å². The number of rotatable bonds is 4. The van der Waals surface area contributed by atoms with Crippen LogP contribution in [0.5, 0.6) is 0 Å². The van der Waals surface area contributed by atoms with Crippen LogP contribution in [0, 0.1) is 0 Å². The fourth-order valence-electron chi connectivity index (χ4n) is 2.45. The molecule has 0 saturated heterocycles. The molecule has 2 aromatic rings. The minimum Gasteiger partial charge on any atom is -0.347 e. The number of fused-ring (bicyclic) bond motifs is 1. The highest BCUT2D eigenvalue weighted by Gasteiger charge is 2.17. The smallest absolute Gasteiger partial charge is 0.261 e. The molecule has 3 nitrogen and oxygen atoms in total. The second kappa shape index (κ2) is 6.64. The first-order valence-corrected chi connectivity index (χ1v) is 8.99. The van der Waals surface area contributed by atoms with E-state index >= 15 is 0 Å². The summed E-state index contributed by atoms with van der Waals surface area (Å²) in [5.74, 6) is 2.22. The van der Waals surface area contributed by atoms with E-state index in [0.29, 0.717) is 13.1 Å². The number of thioether (sulfide) groups is 1. The SMILES string of the molecule is NCc1ccccc1CNC(=O)c1cc2c(s1)CCSC2. The zero-order chi connectivity index (χ0) is 14.7. The molecule has 0 fully saturated rings. The number of aryl methyl sites for hydroxylation is 1. The van der Waals surface area contributed by atoms with Crippen LogP contribution in [0.2, 0.25) is 0 Å². The Kier molecular flexibility index (Phi) is 4.63. The highest BCUT2D eigenvalue weighted by atomic mass is 32.2. The molecule has 0 spiro atoms. The minimum atomic E-state index is 0.0197. The van der Waals surface area contributed by atoms with Crippen LogP contribution in [0.3, 0.4) is 0 Å². The van der Waals surface area contributed by atoms with Crippen LogP contribution < -0.4 is 11.1 Å². The van der Waals surface area contributed by atoms with E-state index < -0.39 is 0 Å². The first-order valence-electron chi connectivity index (χ1n) is 7.02. The summed E-state index contributed by atoms with van der Waals surface area (Å²) in [6.45, 7) is 1.03. The molecule has 1 aromatic carbocycles. The van der Waals surface area contributed by atoms with Gasteiger partial charge in [0.1, 0.15) is 0 Å². The van der Waals surface area contributed by atoms with Gasteiger partial charge in [-0.25, -0.2) is 0 Å². The summed E-state index contributed by atoms with van der Waals surface area (Å²) in [6.07, 6.45) is 1.09. The summed E-state index contributed by atoms with van der Waals surface area (Å²) >= 11 is 3.58. The number of benzene rings is 1. The zero-order valence-corrected chi connectivity index (χ0v) is 13.4. The van der Waals surface area contributed by atoms with Gasteiger partial charge in [0.2, 0.25) is 0 Å². The lowest BCUT2D eigenvalue weighted by Gasteiger charge is -2.08. The van der Waals surface area contributed by atoms with E-state index in [1.54, 1.807) is 11.3 Å². The number of hydrogen-bond acceptors (Lipinski definition) is 4. The van der Waals surface area contributed by atoms with Gasteiger partial charge in [-0.15, -0.1) is 11.3 Å². The molecule has 0 atom stereocenters. The summed E-state index contributed by atoms with van der Waals surface area (Å²) in [5, 5.41) is 3.01. The lowest BCUT2D eigenvalue weighted by molar-refractivity contribution is 0.0955. The van der Waals surface area contributed by atoms with Crippen molar-refractivity contribution >= 4 is 29.0 Å². The van der Waals surface area contributed by atoms with E-state index in [4.69, 9.17) is 5.73 Å². The second-order valence-electron chi connectivity index (χ2n) is 5.02. The first kappa shape index (κ1) is 14.6. The lowest BCUT2D eigenvalue weighted by atomic mass is 10.1. The van der Waals surface area contributed by atoms with Crippen LogP contribution >= 0.6 is 23.1 Å². The first-order chi connectivity index (χ1) is 10.3. The maximum absolute atomic E-state index is 12.3. The molecule has 1 aliphatic rings. The molecule has 1 aromatic heterocycles. The Bertz CT molecular complexity index is 628. The molecule has 5 heteroatoms. The van der Waals surface area contributed by atoms with Gasteiger partial charge in [0, 0.05) is 23.7 Å². The predicted molar refractivity (Wildman–Crippen MR) is 89.7 cm³/mol. The van der Waals surface area contributed by atoms with Gasteiger partial charge in [-0.2, -0.15) is 11.8 Å². The summed E-state index contributed by atoms with van der Waals surface area (Å²) in [4.78, 5) is 14.5. The second-order valence-corrected chi connectivity index (χ2v) is 7.26. The molecule has 0 radical (unpaired) electrons. The highest BCUT2D eigenvalue weighted by molar-refractivity contribution is 7.98. The van der Waals surface area contributed by atoms with Crippen molar-refractivity contribution in [3.05, 3.63) is 56.8 Å². The molecular formula is C16H18N2OS2. The molecule has 0 unspecified atom stereocenters. The van der Waals surface area contributed by atoms with E-state index in [1.165, 1.54) is 16.2 Å². The standard InChI is InChI=1S/C16H18N2OS2/c17-8-11-3-1-2-4-12(11)9-18-16(19)15-7-13-10-20-6-5-14(13)21-15/h1-4,7H,5-6,8-10,17H2,(H,18,19). The number of hydrogen-bond donors (Lipinski definition) is 2. The summed E-state index contributed by atoms with van der Waals surface area (Å²) in [5.41, 5.74) is 9.23. The average Bonchev–Trinajstić information content (AvgIpc) is 2.97. The summed E-state index contributed by atoms with van der Waals surface area (Å²) in [6, 6.07) is 10.0. The molecule has 21 heavy (non-hydrogen) atoms. The van der Waals surface area contributed by atoms with Crippen LogP contribution in [0.1, 0.15) is 31.2 Å². The van der Waals surface area contributed by atoms with Crippen molar-refractivity contribution in [2.45, 2.75) is 25.3 Å². The Morgan fingerprint density at radius 1 is 1.29 bits per heavy atom. The molecule has 110 valence electrons. The Morgan fingerprint density at radius 2 is 2.10 bits per heavy atom. The van der Waals surface area contributed by atoms with Crippen molar-refractivity contribution in [1.29, 1.82) is 0 Å². The van der Waals surface area contributed by atoms with Gasteiger partial charge in [-0.1, -0.05) is 24.3 Å². The molecular weight excluding hydrogens is 300 g/mol. The third kappa shape index (κ3) is 3.31. The van der Waals surface area contributed by atoms with Gasteiger partial charge in [-0.05, 0) is 34.9 Å². The number of amides is 1. The van der Waals surface area contributed by atoms with Gasteiger partial charge in [0.25, 0.3) is 5.91 Å². The van der Waals surface area contributed by atoms with Crippen molar-refractivity contribution in [2.24, 2.45) is 5.73 Å². The predicted octanol–water partition coefficient (Wildman–Crippen LogP) is 2.93. The maximum atomic E-state index is 12.3. The van der Waals surface area contributed by atoms with Gasteiger partial charge in [-0.3, -0.25) is 4.79 Å². The molecule has 3 rings (SSSR count). The van der Waals surface area contributed by atoms with E-state index in [2.05, 4.69) is 11.4 Å². The molecule has 0 bridgehead atoms. The summed E-state index contributed by atoms with van der Waals surface area (Å²) in [7, 11) is 0. The van der Waals surface area contributed by atoms with E-state index in [-0.39, 0.29) is 5.91 Å². The van der Waals surface area contributed by atoms with E-state index in [9.17, 15) is 4.79 Å². The van der Waals surface area contributed by atoms with E-state index in [1.807, 2.05) is 36.0 Å². The molecule has 1 amide bonds. The molecule has 1 aliphatic heterocycles. The fraction of sp³-hybridized carbons (Fsp3) is 0.312. The van der Waals surface area contributed by atoms with Gasteiger partial charge >= 0.3 is 0 Å². The number of nitrogens with one attached hydrogen (secondary N) is 1. The number of carbonyl (C=O) groups is 1. The van der Waals surface area contributed by atoms with Crippen LogP contribution in [-0.2, 0) is 25.3 Å². The number of nitrogens with two attached hydrogens (primary N) is 1. The molecule has 2 heterocycles. The zero-order valence-electron chi connectivity index (χ0n) is 11.7. The normalized spacial score (nSPS) is 13.8. The largest absolute Gasteiger partial charge is 0.347 e. The van der Waals surface area contributed by atoms with Gasteiger partial charge in [0.05, 0.1) is 4.88 Å². The third-order valence-electron chi connectivity index (χ3n) is 3.63. The van der Waals surface area contributed by atoms with Crippen LogP contribution in [0.25, 0.3) is 0 Å². The van der Waals surface area contributed by atoms with E-state index in [0.717, 1.165) is 28.2 Å². The van der Waals surface area contributed by atoms with Crippen molar-refractivity contribution in [2.75, 3.05) is 5.75 Å². The third-order valence-corrected chi connectivity index (χ3v) is 5.87. The molecule has 0 aliphatic carbocycles.